The minimum atomic E-state index is -0.275. The van der Waals surface area contributed by atoms with Gasteiger partial charge in [0.15, 0.2) is 0 Å². The van der Waals surface area contributed by atoms with E-state index >= 15 is 0 Å². The number of terminal acetylenes is 1. The van der Waals surface area contributed by atoms with Crippen molar-refractivity contribution in [1.82, 2.24) is 9.80 Å². The third-order valence-corrected chi connectivity index (χ3v) is 2.27. The van der Waals surface area contributed by atoms with Crippen molar-refractivity contribution in [2.45, 2.75) is 19.4 Å². The van der Waals surface area contributed by atoms with E-state index in [0.29, 0.717) is 13.0 Å². The average molecular weight is 206 g/mol. The van der Waals surface area contributed by atoms with Gasteiger partial charge in [0.2, 0.25) is 0 Å². The van der Waals surface area contributed by atoms with Gasteiger partial charge in [0, 0.05) is 19.0 Å². The molecule has 1 heterocycles. The van der Waals surface area contributed by atoms with Crippen molar-refractivity contribution >= 4 is 11.9 Å². The second-order valence-corrected chi connectivity index (χ2v) is 3.47. The Morgan fingerprint density at radius 2 is 2.33 bits per heavy atom. The summed E-state index contributed by atoms with van der Waals surface area (Å²) in [4.78, 5) is 26.0. The van der Waals surface area contributed by atoms with Crippen LogP contribution in [0.4, 0.5) is 4.79 Å². The number of amides is 3. The third kappa shape index (κ3) is 2.18. The molecule has 0 aliphatic carbocycles. The zero-order chi connectivity index (χ0) is 11.4. The van der Waals surface area contributed by atoms with Gasteiger partial charge in [-0.25, -0.2) is 4.79 Å². The van der Waals surface area contributed by atoms with Crippen LogP contribution in [0, 0.1) is 12.3 Å². The van der Waals surface area contributed by atoms with Crippen LogP contribution in [-0.4, -0.2) is 40.9 Å². The second-order valence-electron chi connectivity index (χ2n) is 3.47. The number of carbonyl (C=O) groups is 2. The Morgan fingerprint density at radius 1 is 1.67 bits per heavy atom. The highest BCUT2D eigenvalue weighted by molar-refractivity contribution is 6.02. The van der Waals surface area contributed by atoms with E-state index in [4.69, 9.17) is 6.42 Å². The van der Waals surface area contributed by atoms with Crippen LogP contribution in [0.3, 0.4) is 0 Å². The van der Waals surface area contributed by atoms with Gasteiger partial charge in [-0.1, -0.05) is 6.08 Å². The largest absolute Gasteiger partial charge is 0.327 e. The van der Waals surface area contributed by atoms with Crippen LogP contribution in [0.2, 0.25) is 0 Å². The number of urea groups is 1. The molecule has 0 aromatic carbocycles. The molecule has 4 heteroatoms. The van der Waals surface area contributed by atoms with Crippen LogP contribution in [-0.2, 0) is 4.79 Å². The van der Waals surface area contributed by atoms with E-state index in [-0.39, 0.29) is 24.5 Å². The summed E-state index contributed by atoms with van der Waals surface area (Å²) in [5, 5.41) is 0. The van der Waals surface area contributed by atoms with Crippen LogP contribution in [0.15, 0.2) is 12.7 Å². The molecule has 0 saturated carbocycles. The summed E-state index contributed by atoms with van der Waals surface area (Å²) in [6.07, 6.45) is 7.14. The highest BCUT2D eigenvalue weighted by atomic mass is 16.2. The van der Waals surface area contributed by atoms with Crippen molar-refractivity contribution in [3.05, 3.63) is 12.7 Å². The maximum absolute atomic E-state index is 11.7. The fourth-order valence-corrected chi connectivity index (χ4v) is 1.56. The Morgan fingerprint density at radius 3 is 2.87 bits per heavy atom. The summed E-state index contributed by atoms with van der Waals surface area (Å²) >= 11 is 0. The molecule has 80 valence electrons. The van der Waals surface area contributed by atoms with Crippen molar-refractivity contribution < 1.29 is 9.59 Å². The van der Waals surface area contributed by atoms with Gasteiger partial charge in [-0.05, 0) is 6.92 Å². The summed E-state index contributed by atoms with van der Waals surface area (Å²) in [5.74, 6) is 2.26. The van der Waals surface area contributed by atoms with Gasteiger partial charge in [0.05, 0.1) is 0 Å². The Hall–Kier alpha value is -1.76. The topological polar surface area (TPSA) is 40.6 Å². The molecule has 1 aliphatic rings. The van der Waals surface area contributed by atoms with E-state index in [2.05, 4.69) is 12.5 Å². The first-order valence-corrected chi connectivity index (χ1v) is 4.77. The molecule has 1 aliphatic heterocycles. The molecule has 1 rings (SSSR count). The Labute approximate surface area is 89.5 Å². The second kappa shape index (κ2) is 4.65. The summed E-state index contributed by atoms with van der Waals surface area (Å²) in [6, 6.07) is -0.507. The average Bonchev–Trinajstić information content (AvgIpc) is 2.43. The molecule has 0 spiro atoms. The van der Waals surface area contributed by atoms with Gasteiger partial charge in [-0.15, -0.1) is 18.9 Å². The van der Waals surface area contributed by atoms with Gasteiger partial charge in [0.1, 0.15) is 6.54 Å². The SMILES string of the molecule is C#CC[C@H](C)N1C(=O)CN(CC=C)C1=O. The minimum absolute atomic E-state index is 0.125. The number of carbonyl (C=O) groups excluding carboxylic acids is 2. The van der Waals surface area contributed by atoms with Crippen LogP contribution in [0.1, 0.15) is 13.3 Å². The molecular formula is C11H14N2O2. The first-order chi connectivity index (χ1) is 7.11. The minimum Gasteiger partial charge on any atom is -0.311 e. The monoisotopic (exact) mass is 206 g/mol. The predicted octanol–water partition coefficient (Wildman–Crippen LogP) is 0.848. The molecule has 0 aromatic rings. The smallest absolute Gasteiger partial charge is 0.311 e. The molecule has 0 aromatic heterocycles. The predicted molar refractivity (Wildman–Crippen MR) is 56.9 cm³/mol. The van der Waals surface area contributed by atoms with E-state index < -0.39 is 0 Å². The number of nitrogens with zero attached hydrogens (tertiary/aromatic N) is 2. The lowest BCUT2D eigenvalue weighted by atomic mass is 10.2. The van der Waals surface area contributed by atoms with Crippen molar-refractivity contribution in [3.63, 3.8) is 0 Å². The zero-order valence-corrected chi connectivity index (χ0v) is 8.77. The molecule has 3 amide bonds. The highest BCUT2D eigenvalue weighted by Crippen LogP contribution is 2.15. The lowest BCUT2D eigenvalue weighted by molar-refractivity contribution is -0.126. The molecule has 1 atom stereocenters. The van der Waals surface area contributed by atoms with E-state index in [1.807, 2.05) is 0 Å². The van der Waals surface area contributed by atoms with Crippen LogP contribution in [0.25, 0.3) is 0 Å². The highest BCUT2D eigenvalue weighted by Gasteiger charge is 2.37. The number of rotatable bonds is 4. The zero-order valence-electron chi connectivity index (χ0n) is 8.77. The lowest BCUT2D eigenvalue weighted by Gasteiger charge is -2.20. The Kier molecular flexibility index (Phi) is 3.51. The molecule has 0 N–H and O–H groups in total. The molecule has 0 bridgehead atoms. The molecular weight excluding hydrogens is 192 g/mol. The van der Waals surface area contributed by atoms with Gasteiger partial charge < -0.3 is 4.90 Å². The maximum Gasteiger partial charge on any atom is 0.327 e. The van der Waals surface area contributed by atoms with Crippen LogP contribution >= 0.6 is 0 Å². The van der Waals surface area contributed by atoms with Crippen LogP contribution < -0.4 is 0 Å². The number of imide groups is 1. The van der Waals surface area contributed by atoms with Crippen molar-refractivity contribution in [2.24, 2.45) is 0 Å². The number of hydrogen-bond acceptors (Lipinski definition) is 2. The van der Waals surface area contributed by atoms with Crippen LogP contribution in [0.5, 0.6) is 0 Å². The van der Waals surface area contributed by atoms with E-state index in [1.54, 1.807) is 13.0 Å². The van der Waals surface area contributed by atoms with Crippen molar-refractivity contribution in [1.29, 1.82) is 0 Å². The fraction of sp³-hybridized carbons (Fsp3) is 0.455. The van der Waals surface area contributed by atoms with Crippen molar-refractivity contribution in [2.75, 3.05) is 13.1 Å². The van der Waals surface area contributed by atoms with Gasteiger partial charge in [-0.3, -0.25) is 9.69 Å². The molecule has 15 heavy (non-hydrogen) atoms. The summed E-state index contributed by atoms with van der Waals surface area (Å²) in [5.41, 5.74) is 0. The molecule has 0 unspecified atom stereocenters. The van der Waals surface area contributed by atoms with Gasteiger partial charge in [0.25, 0.3) is 5.91 Å². The van der Waals surface area contributed by atoms with E-state index in [9.17, 15) is 9.59 Å². The van der Waals surface area contributed by atoms with Gasteiger partial charge in [-0.2, -0.15) is 0 Å². The first kappa shape index (κ1) is 11.3. The fourth-order valence-electron chi connectivity index (χ4n) is 1.56. The Balaban J connectivity index is 2.75. The molecule has 0 radical (unpaired) electrons. The molecule has 1 saturated heterocycles. The molecule has 4 nitrogen and oxygen atoms in total. The first-order valence-electron chi connectivity index (χ1n) is 4.77. The van der Waals surface area contributed by atoms with E-state index in [0.717, 1.165) is 0 Å². The summed E-state index contributed by atoms with van der Waals surface area (Å²) in [7, 11) is 0. The quantitative estimate of drug-likeness (QED) is 0.388. The maximum atomic E-state index is 11.7. The van der Waals surface area contributed by atoms with Gasteiger partial charge >= 0.3 is 6.03 Å². The normalized spacial score (nSPS) is 17.9. The Bertz CT molecular complexity index is 330. The molecule has 1 fully saturated rings. The third-order valence-electron chi connectivity index (χ3n) is 2.27. The standard InChI is InChI=1S/C11H14N2O2/c1-4-6-9(3)13-10(14)8-12(7-5-2)11(13)15/h1,5,9H,2,6-8H2,3H3/t9-/m0/s1. The van der Waals surface area contributed by atoms with E-state index in [1.165, 1.54) is 9.80 Å². The number of hydrogen-bond donors (Lipinski definition) is 0. The summed E-state index contributed by atoms with van der Waals surface area (Å²) < 4.78 is 0. The summed E-state index contributed by atoms with van der Waals surface area (Å²) in [6.45, 7) is 5.82. The lowest BCUT2D eigenvalue weighted by Crippen LogP contribution is -2.39. The van der Waals surface area contributed by atoms with Crippen molar-refractivity contribution in [3.8, 4) is 12.3 Å².